The molecule has 31 heavy (non-hydrogen) atoms. The van der Waals surface area contributed by atoms with Crippen molar-refractivity contribution < 1.29 is 18.8 Å². The van der Waals surface area contributed by atoms with E-state index in [2.05, 4.69) is 10.5 Å². The van der Waals surface area contributed by atoms with E-state index in [1.165, 1.54) is 0 Å². The molecule has 160 valence electrons. The van der Waals surface area contributed by atoms with E-state index in [0.29, 0.717) is 42.8 Å². The van der Waals surface area contributed by atoms with Crippen LogP contribution in [0.3, 0.4) is 0 Å². The van der Waals surface area contributed by atoms with Gasteiger partial charge in [-0.1, -0.05) is 29.4 Å². The van der Waals surface area contributed by atoms with Crippen LogP contribution in [0.15, 0.2) is 53.1 Å². The van der Waals surface area contributed by atoms with Crippen LogP contribution in [0.1, 0.15) is 42.1 Å². The number of hydrogen-bond acceptors (Lipinski definition) is 6. The molecule has 1 saturated heterocycles. The van der Waals surface area contributed by atoms with Crippen LogP contribution in [0.5, 0.6) is 5.75 Å². The molecular formula is C23H24N4O4. The molecule has 3 aromatic rings. The van der Waals surface area contributed by atoms with Gasteiger partial charge in [-0.25, -0.2) is 4.79 Å². The average Bonchev–Trinajstić information content (AvgIpc) is 3.45. The maximum absolute atomic E-state index is 13.3. The highest BCUT2D eigenvalue weighted by Crippen LogP contribution is 2.40. The van der Waals surface area contributed by atoms with Gasteiger partial charge in [0.15, 0.2) is 5.82 Å². The molecule has 1 atom stereocenters. The SMILES string of the molecule is COc1cccc(NC(=O)N2c3ccccc3CC2c2noc(C3CCOCC3)n2)c1. The molecule has 2 aliphatic rings. The van der Waals surface area contributed by atoms with Crippen molar-refractivity contribution in [2.45, 2.75) is 31.2 Å². The second-order valence-electron chi connectivity index (χ2n) is 7.76. The summed E-state index contributed by atoms with van der Waals surface area (Å²) in [6.45, 7) is 1.40. The minimum atomic E-state index is -0.333. The van der Waals surface area contributed by atoms with Crippen LogP contribution in [-0.2, 0) is 11.2 Å². The van der Waals surface area contributed by atoms with Gasteiger partial charge in [0, 0.05) is 43.0 Å². The number of hydrogen-bond donors (Lipinski definition) is 1. The Morgan fingerprint density at radius 1 is 1.16 bits per heavy atom. The van der Waals surface area contributed by atoms with Crippen molar-refractivity contribution >= 4 is 17.4 Å². The number of nitrogens with zero attached hydrogens (tertiary/aromatic N) is 3. The first-order chi connectivity index (χ1) is 15.2. The van der Waals surface area contributed by atoms with Crippen LogP contribution < -0.4 is 15.0 Å². The number of para-hydroxylation sites is 1. The van der Waals surface area contributed by atoms with Crippen LogP contribution >= 0.6 is 0 Å². The molecule has 3 heterocycles. The predicted octanol–water partition coefficient (Wildman–Crippen LogP) is 4.31. The number of rotatable bonds is 4. The molecule has 0 radical (unpaired) electrons. The zero-order valence-electron chi connectivity index (χ0n) is 17.3. The van der Waals surface area contributed by atoms with Crippen LogP contribution in [0, 0.1) is 0 Å². The van der Waals surface area contributed by atoms with E-state index in [4.69, 9.17) is 19.0 Å². The molecule has 8 nitrogen and oxygen atoms in total. The molecule has 0 aliphatic carbocycles. The maximum Gasteiger partial charge on any atom is 0.327 e. The number of ether oxygens (including phenoxy) is 2. The fourth-order valence-corrected chi connectivity index (χ4v) is 4.22. The van der Waals surface area contributed by atoms with Gasteiger partial charge in [-0.15, -0.1) is 0 Å². The number of methoxy groups -OCH3 is 1. The van der Waals surface area contributed by atoms with Gasteiger partial charge < -0.3 is 19.3 Å². The first-order valence-electron chi connectivity index (χ1n) is 10.5. The van der Waals surface area contributed by atoms with E-state index in [9.17, 15) is 4.79 Å². The Labute approximate surface area is 180 Å². The fourth-order valence-electron chi connectivity index (χ4n) is 4.22. The fraction of sp³-hybridized carbons (Fsp3) is 0.348. The Bertz CT molecular complexity index is 1080. The number of fused-ring (bicyclic) bond motifs is 1. The lowest BCUT2D eigenvalue weighted by Crippen LogP contribution is -2.36. The zero-order chi connectivity index (χ0) is 21.2. The monoisotopic (exact) mass is 420 g/mol. The summed E-state index contributed by atoms with van der Waals surface area (Å²) in [4.78, 5) is 19.7. The molecule has 1 unspecified atom stereocenters. The lowest BCUT2D eigenvalue weighted by atomic mass is 10.0. The van der Waals surface area contributed by atoms with Gasteiger partial charge >= 0.3 is 6.03 Å². The Morgan fingerprint density at radius 2 is 2.00 bits per heavy atom. The van der Waals surface area contributed by atoms with E-state index < -0.39 is 0 Å². The third-order valence-electron chi connectivity index (χ3n) is 5.84. The van der Waals surface area contributed by atoms with Crippen molar-refractivity contribution in [1.82, 2.24) is 10.1 Å². The van der Waals surface area contributed by atoms with Gasteiger partial charge in [0.1, 0.15) is 11.8 Å². The zero-order valence-corrected chi connectivity index (χ0v) is 17.3. The third kappa shape index (κ3) is 3.86. The Hall–Kier alpha value is -3.39. The number of nitrogens with one attached hydrogen (secondary N) is 1. The van der Waals surface area contributed by atoms with Crippen molar-refractivity contribution in [2.24, 2.45) is 0 Å². The largest absolute Gasteiger partial charge is 0.497 e. The maximum atomic E-state index is 13.3. The molecular weight excluding hydrogens is 396 g/mol. The lowest BCUT2D eigenvalue weighted by Gasteiger charge is -2.24. The van der Waals surface area contributed by atoms with Crippen molar-refractivity contribution in [3.05, 3.63) is 65.8 Å². The van der Waals surface area contributed by atoms with E-state index in [1.54, 1.807) is 18.1 Å². The standard InChI is InChI=1S/C23H24N4O4/c1-29-18-7-4-6-17(14-18)24-23(28)27-19-8-3-2-5-16(19)13-20(27)21-25-22(31-26-21)15-9-11-30-12-10-15/h2-8,14-15,20H,9-13H2,1H3,(H,24,28). The van der Waals surface area contributed by atoms with Gasteiger partial charge in [0.25, 0.3) is 0 Å². The summed E-state index contributed by atoms with van der Waals surface area (Å²) in [5.74, 6) is 2.04. The number of benzene rings is 2. The summed E-state index contributed by atoms with van der Waals surface area (Å²) in [7, 11) is 1.60. The summed E-state index contributed by atoms with van der Waals surface area (Å²) in [5.41, 5.74) is 2.58. The number of aromatic nitrogens is 2. The van der Waals surface area contributed by atoms with Crippen molar-refractivity contribution in [3.63, 3.8) is 0 Å². The molecule has 0 saturated carbocycles. The second-order valence-corrected chi connectivity index (χ2v) is 7.76. The molecule has 5 rings (SSSR count). The average molecular weight is 420 g/mol. The highest BCUT2D eigenvalue weighted by Gasteiger charge is 2.38. The minimum Gasteiger partial charge on any atom is -0.497 e. The highest BCUT2D eigenvalue weighted by molar-refractivity contribution is 6.03. The van der Waals surface area contributed by atoms with Gasteiger partial charge in [0.05, 0.1) is 7.11 Å². The molecule has 0 bridgehead atoms. The van der Waals surface area contributed by atoms with Gasteiger partial charge in [-0.3, -0.25) is 4.90 Å². The predicted molar refractivity (Wildman–Crippen MR) is 114 cm³/mol. The summed E-state index contributed by atoms with van der Waals surface area (Å²) < 4.78 is 16.3. The topological polar surface area (TPSA) is 89.7 Å². The number of carbonyl (C=O) groups is 1. The van der Waals surface area contributed by atoms with E-state index in [0.717, 1.165) is 24.1 Å². The molecule has 1 aromatic heterocycles. The molecule has 8 heteroatoms. The molecule has 2 amide bonds. The lowest BCUT2D eigenvalue weighted by molar-refractivity contribution is 0.0778. The van der Waals surface area contributed by atoms with Crippen LogP contribution in [0.4, 0.5) is 16.2 Å². The third-order valence-corrected chi connectivity index (χ3v) is 5.84. The number of carbonyl (C=O) groups excluding carboxylic acids is 1. The summed E-state index contributed by atoms with van der Waals surface area (Å²) in [6, 6.07) is 14.6. The second kappa shape index (κ2) is 8.39. The van der Waals surface area contributed by atoms with E-state index in [1.807, 2.05) is 42.5 Å². The molecule has 2 aromatic carbocycles. The first kappa shape index (κ1) is 19.6. The molecule has 0 spiro atoms. The van der Waals surface area contributed by atoms with Gasteiger partial charge in [-0.2, -0.15) is 4.98 Å². The summed E-state index contributed by atoms with van der Waals surface area (Å²) >= 11 is 0. The number of urea groups is 1. The molecule has 2 aliphatic heterocycles. The quantitative estimate of drug-likeness (QED) is 0.677. The van der Waals surface area contributed by atoms with Gasteiger partial charge in [-0.05, 0) is 36.6 Å². The number of anilines is 2. The molecule has 1 fully saturated rings. The normalized spacial score (nSPS) is 18.6. The Morgan fingerprint density at radius 3 is 2.84 bits per heavy atom. The summed E-state index contributed by atoms with van der Waals surface area (Å²) in [6.07, 6.45) is 2.37. The van der Waals surface area contributed by atoms with Gasteiger partial charge in [0.2, 0.25) is 5.89 Å². The first-order valence-corrected chi connectivity index (χ1v) is 10.5. The van der Waals surface area contributed by atoms with Crippen molar-refractivity contribution in [1.29, 1.82) is 0 Å². The van der Waals surface area contributed by atoms with Crippen molar-refractivity contribution in [3.8, 4) is 5.75 Å². The smallest absolute Gasteiger partial charge is 0.327 e. The minimum absolute atomic E-state index is 0.206. The van der Waals surface area contributed by atoms with Crippen LogP contribution in [0.2, 0.25) is 0 Å². The van der Waals surface area contributed by atoms with Crippen LogP contribution in [-0.4, -0.2) is 36.5 Å². The summed E-state index contributed by atoms with van der Waals surface area (Å²) in [5, 5.41) is 7.23. The van der Waals surface area contributed by atoms with E-state index in [-0.39, 0.29) is 18.0 Å². The van der Waals surface area contributed by atoms with Crippen LogP contribution in [0.25, 0.3) is 0 Å². The highest BCUT2D eigenvalue weighted by atomic mass is 16.5. The molecule has 1 N–H and O–H groups in total. The Balaban J connectivity index is 1.43. The van der Waals surface area contributed by atoms with Crippen molar-refractivity contribution in [2.75, 3.05) is 30.5 Å². The Kier molecular flexibility index (Phi) is 5.30. The van der Waals surface area contributed by atoms with E-state index >= 15 is 0 Å². The number of amides is 2.